The van der Waals surface area contributed by atoms with Crippen molar-refractivity contribution >= 4 is 26.0 Å². The topological polar surface area (TPSA) is 40.6 Å². The van der Waals surface area contributed by atoms with E-state index in [-0.39, 0.29) is 0 Å². The Morgan fingerprint density at radius 1 is 1.15 bits per heavy atom. The van der Waals surface area contributed by atoms with Crippen molar-refractivity contribution in [1.82, 2.24) is 9.21 Å². The molecule has 3 heterocycles. The predicted octanol–water partition coefficient (Wildman–Crippen LogP) is 2.05. The van der Waals surface area contributed by atoms with Gasteiger partial charge in [-0.2, -0.15) is 0 Å². The van der Waals surface area contributed by atoms with E-state index in [2.05, 4.69) is 20.8 Å². The lowest BCUT2D eigenvalue weighted by Gasteiger charge is -2.41. The van der Waals surface area contributed by atoms with Gasteiger partial charge in [0.15, 0.2) is 0 Å². The summed E-state index contributed by atoms with van der Waals surface area (Å²) in [6.45, 7) is 2.54. The van der Waals surface area contributed by atoms with Crippen LogP contribution in [0.2, 0.25) is 0 Å². The predicted molar refractivity (Wildman–Crippen MR) is 84.6 cm³/mol. The quantitative estimate of drug-likeness (QED) is 0.719. The van der Waals surface area contributed by atoms with E-state index < -0.39 is 10.0 Å². The molecule has 2 bridgehead atoms. The molecular weight excluding hydrogens is 340 g/mol. The molecule has 0 aromatic heterocycles. The number of piperidine rings is 2. The zero-order valence-corrected chi connectivity index (χ0v) is 14.6. The van der Waals surface area contributed by atoms with E-state index in [1.165, 1.54) is 38.4 Å². The molecule has 0 N–H and O–H groups in total. The molecule has 3 aliphatic heterocycles. The minimum absolute atomic E-state index is 0.522. The maximum Gasteiger partial charge on any atom is 0.211 e. The van der Waals surface area contributed by atoms with Crippen LogP contribution in [0.15, 0.2) is 0 Å². The third-order valence-corrected chi connectivity index (χ3v) is 7.26. The summed E-state index contributed by atoms with van der Waals surface area (Å²) >= 11 is 3.78. The summed E-state index contributed by atoms with van der Waals surface area (Å²) in [5.74, 6) is 0.522. The Balaban J connectivity index is 1.61. The molecule has 3 rings (SSSR count). The van der Waals surface area contributed by atoms with Crippen LogP contribution in [0.25, 0.3) is 0 Å². The third kappa shape index (κ3) is 3.23. The Kier molecular flexibility index (Phi) is 4.47. The number of nitrogens with zero attached hydrogens (tertiary/aromatic N) is 2. The molecule has 0 aromatic rings. The molecule has 0 radical (unpaired) electrons. The SMILES string of the molecule is CS(=O)(=O)N1CCCC(CN2C3CCC2CC(Br)C3)C1. The summed E-state index contributed by atoms with van der Waals surface area (Å²) < 4.78 is 25.1. The highest BCUT2D eigenvalue weighted by molar-refractivity contribution is 9.09. The molecule has 3 unspecified atom stereocenters. The van der Waals surface area contributed by atoms with Crippen molar-refractivity contribution in [3.8, 4) is 0 Å². The van der Waals surface area contributed by atoms with Gasteiger partial charge in [-0.1, -0.05) is 15.9 Å². The van der Waals surface area contributed by atoms with Crippen molar-refractivity contribution in [2.45, 2.75) is 55.4 Å². The number of rotatable bonds is 3. The van der Waals surface area contributed by atoms with Gasteiger partial charge in [0.05, 0.1) is 6.26 Å². The fraction of sp³-hybridized carbons (Fsp3) is 1.00. The number of fused-ring (bicyclic) bond motifs is 2. The molecule has 0 amide bonds. The highest BCUT2D eigenvalue weighted by Crippen LogP contribution is 2.39. The monoisotopic (exact) mass is 364 g/mol. The van der Waals surface area contributed by atoms with Crippen molar-refractivity contribution in [2.75, 3.05) is 25.9 Å². The molecule has 4 nitrogen and oxygen atoms in total. The van der Waals surface area contributed by atoms with Gasteiger partial charge in [0, 0.05) is 36.5 Å². The Labute approximate surface area is 131 Å². The van der Waals surface area contributed by atoms with Gasteiger partial charge in [0.1, 0.15) is 0 Å². The second-order valence-corrected chi connectivity index (χ2v) is 10.1. The van der Waals surface area contributed by atoms with Crippen LogP contribution in [0, 0.1) is 5.92 Å². The number of hydrogen-bond acceptors (Lipinski definition) is 3. The smallest absolute Gasteiger partial charge is 0.211 e. The number of sulfonamides is 1. The van der Waals surface area contributed by atoms with Gasteiger partial charge in [-0.15, -0.1) is 0 Å². The summed E-state index contributed by atoms with van der Waals surface area (Å²) in [6.07, 6.45) is 8.72. The Morgan fingerprint density at radius 3 is 2.40 bits per heavy atom. The maximum absolute atomic E-state index is 11.7. The highest BCUT2D eigenvalue weighted by atomic mass is 79.9. The van der Waals surface area contributed by atoms with Crippen LogP contribution in [0.4, 0.5) is 0 Å². The molecule has 0 saturated carbocycles. The number of hydrogen-bond donors (Lipinski definition) is 0. The van der Waals surface area contributed by atoms with E-state index in [9.17, 15) is 8.42 Å². The van der Waals surface area contributed by atoms with Gasteiger partial charge in [0.25, 0.3) is 0 Å². The largest absolute Gasteiger partial charge is 0.297 e. The first-order chi connectivity index (χ1) is 9.43. The fourth-order valence-electron chi connectivity index (χ4n) is 4.28. The molecule has 0 aliphatic carbocycles. The van der Waals surface area contributed by atoms with Crippen molar-refractivity contribution in [3.63, 3.8) is 0 Å². The average molecular weight is 365 g/mol. The molecule has 3 saturated heterocycles. The van der Waals surface area contributed by atoms with E-state index in [0.29, 0.717) is 17.3 Å². The van der Waals surface area contributed by atoms with E-state index in [0.717, 1.165) is 31.6 Å². The van der Waals surface area contributed by atoms with Crippen LogP contribution >= 0.6 is 15.9 Å². The van der Waals surface area contributed by atoms with Crippen LogP contribution in [0.5, 0.6) is 0 Å². The van der Waals surface area contributed by atoms with Crippen LogP contribution in [-0.2, 0) is 10.0 Å². The molecule has 116 valence electrons. The molecule has 3 aliphatic rings. The summed E-state index contributed by atoms with van der Waals surface area (Å²) in [5, 5.41) is 0. The van der Waals surface area contributed by atoms with Crippen LogP contribution < -0.4 is 0 Å². The van der Waals surface area contributed by atoms with Gasteiger partial charge < -0.3 is 0 Å². The second-order valence-electron chi connectivity index (χ2n) is 6.78. The summed E-state index contributed by atoms with van der Waals surface area (Å²) in [5.41, 5.74) is 0. The average Bonchev–Trinajstić information content (AvgIpc) is 2.61. The standard InChI is InChI=1S/C14H25BrN2O2S/c1-20(18,19)16-6-2-3-11(9-16)10-17-13-4-5-14(17)8-12(15)7-13/h11-14H,2-10H2,1H3. The summed E-state index contributed by atoms with van der Waals surface area (Å²) in [4.78, 5) is 3.38. The van der Waals surface area contributed by atoms with Crippen LogP contribution in [-0.4, -0.2) is 60.4 Å². The van der Waals surface area contributed by atoms with Crippen molar-refractivity contribution in [3.05, 3.63) is 0 Å². The summed E-state index contributed by atoms with van der Waals surface area (Å²) in [6, 6.07) is 1.46. The molecule has 3 fully saturated rings. The van der Waals surface area contributed by atoms with E-state index in [1.54, 1.807) is 4.31 Å². The first kappa shape index (κ1) is 15.3. The third-order valence-electron chi connectivity index (χ3n) is 5.25. The van der Waals surface area contributed by atoms with E-state index in [1.807, 2.05) is 0 Å². The molecule has 6 heteroatoms. The van der Waals surface area contributed by atoms with E-state index >= 15 is 0 Å². The number of halogens is 1. The number of alkyl halides is 1. The molecule has 0 spiro atoms. The normalized spacial score (nSPS) is 40.1. The highest BCUT2D eigenvalue weighted by Gasteiger charge is 2.41. The lowest BCUT2D eigenvalue weighted by Crippen LogP contribution is -2.49. The van der Waals surface area contributed by atoms with Crippen molar-refractivity contribution in [2.24, 2.45) is 5.92 Å². The minimum Gasteiger partial charge on any atom is -0.297 e. The molecule has 0 aromatic carbocycles. The minimum atomic E-state index is -3.01. The van der Waals surface area contributed by atoms with Gasteiger partial charge >= 0.3 is 0 Å². The zero-order chi connectivity index (χ0) is 14.3. The van der Waals surface area contributed by atoms with E-state index in [4.69, 9.17) is 0 Å². The first-order valence-electron chi connectivity index (χ1n) is 7.78. The second kappa shape index (κ2) is 5.86. The van der Waals surface area contributed by atoms with Gasteiger partial charge in [-0.25, -0.2) is 12.7 Å². The lowest BCUT2D eigenvalue weighted by atomic mass is 9.95. The molecule has 20 heavy (non-hydrogen) atoms. The molecule has 3 atom stereocenters. The lowest BCUT2D eigenvalue weighted by molar-refractivity contribution is 0.103. The summed E-state index contributed by atoms with van der Waals surface area (Å²) in [7, 11) is -3.01. The first-order valence-corrected chi connectivity index (χ1v) is 10.5. The van der Waals surface area contributed by atoms with Crippen molar-refractivity contribution in [1.29, 1.82) is 0 Å². The van der Waals surface area contributed by atoms with Gasteiger partial charge in [0.2, 0.25) is 10.0 Å². The zero-order valence-electron chi connectivity index (χ0n) is 12.2. The maximum atomic E-state index is 11.7. The van der Waals surface area contributed by atoms with Gasteiger partial charge in [-0.3, -0.25) is 4.90 Å². The van der Waals surface area contributed by atoms with Crippen LogP contribution in [0.1, 0.15) is 38.5 Å². The van der Waals surface area contributed by atoms with Crippen molar-refractivity contribution < 1.29 is 8.42 Å². The Hall–Kier alpha value is 0.350. The van der Waals surface area contributed by atoms with Gasteiger partial charge in [-0.05, 0) is 44.4 Å². The Morgan fingerprint density at radius 2 is 1.80 bits per heavy atom. The fourth-order valence-corrected chi connectivity index (χ4v) is 6.09. The molecular formula is C14H25BrN2O2S. The Bertz CT molecular complexity index is 442. The van der Waals surface area contributed by atoms with Crippen LogP contribution in [0.3, 0.4) is 0 Å².